The van der Waals surface area contributed by atoms with Gasteiger partial charge in [-0.1, -0.05) is 31.7 Å². The molecule has 118 valence electrons. The molecule has 1 aromatic heterocycles. The maximum Gasteiger partial charge on any atom is 0.188 e. The predicted octanol–water partition coefficient (Wildman–Crippen LogP) is 3.12. The van der Waals surface area contributed by atoms with Crippen molar-refractivity contribution in [3.8, 4) is 0 Å². The Bertz CT molecular complexity index is 402. The molecule has 0 saturated heterocycles. The van der Waals surface area contributed by atoms with Crippen LogP contribution in [-0.4, -0.2) is 24.0 Å². The zero-order chi connectivity index (χ0) is 14.0. The van der Waals surface area contributed by atoms with Crippen LogP contribution in [0.15, 0.2) is 29.4 Å². The second-order valence-electron chi connectivity index (χ2n) is 5.56. The first-order valence-electron chi connectivity index (χ1n) is 7.78. The number of rotatable bonds is 7. The van der Waals surface area contributed by atoms with E-state index >= 15 is 0 Å². The van der Waals surface area contributed by atoms with Crippen molar-refractivity contribution in [2.75, 3.05) is 13.1 Å². The number of hydrogen-bond donors (Lipinski definition) is 2. The van der Waals surface area contributed by atoms with Crippen LogP contribution in [0.1, 0.15) is 44.2 Å². The van der Waals surface area contributed by atoms with Gasteiger partial charge in [0, 0.05) is 31.4 Å². The van der Waals surface area contributed by atoms with Crippen molar-refractivity contribution >= 4 is 29.9 Å². The number of halogens is 1. The average Bonchev–Trinajstić information content (AvgIpc) is 2.98. The number of pyridine rings is 1. The topological polar surface area (TPSA) is 63.3 Å². The largest absolute Gasteiger partial charge is 0.370 e. The minimum atomic E-state index is 0. The second kappa shape index (κ2) is 10.8. The summed E-state index contributed by atoms with van der Waals surface area (Å²) < 4.78 is 0. The normalized spacial score (nSPS) is 15.7. The summed E-state index contributed by atoms with van der Waals surface area (Å²) in [7, 11) is 0. The van der Waals surface area contributed by atoms with E-state index in [1.54, 1.807) is 0 Å². The first-order valence-corrected chi connectivity index (χ1v) is 7.78. The fourth-order valence-electron chi connectivity index (χ4n) is 2.80. The number of nitrogens with two attached hydrogens (primary N) is 1. The third kappa shape index (κ3) is 7.64. The van der Waals surface area contributed by atoms with Gasteiger partial charge in [0.25, 0.3) is 0 Å². The third-order valence-electron chi connectivity index (χ3n) is 3.94. The van der Waals surface area contributed by atoms with Gasteiger partial charge in [0.2, 0.25) is 0 Å². The zero-order valence-electron chi connectivity index (χ0n) is 12.6. The van der Waals surface area contributed by atoms with E-state index in [-0.39, 0.29) is 24.0 Å². The van der Waals surface area contributed by atoms with Crippen LogP contribution in [0.25, 0.3) is 0 Å². The molecule has 0 amide bonds. The van der Waals surface area contributed by atoms with Crippen molar-refractivity contribution in [1.29, 1.82) is 0 Å². The van der Waals surface area contributed by atoms with Gasteiger partial charge in [0.1, 0.15) is 0 Å². The fourth-order valence-corrected chi connectivity index (χ4v) is 2.80. The molecule has 3 N–H and O–H groups in total. The summed E-state index contributed by atoms with van der Waals surface area (Å²) in [5.74, 6) is 1.51. The van der Waals surface area contributed by atoms with E-state index in [1.165, 1.54) is 32.1 Å². The Morgan fingerprint density at radius 2 is 2.14 bits per heavy atom. The first kappa shape index (κ1) is 18.2. The highest BCUT2D eigenvalue weighted by Crippen LogP contribution is 2.28. The summed E-state index contributed by atoms with van der Waals surface area (Å²) in [5, 5.41) is 3.15. The van der Waals surface area contributed by atoms with Crippen LogP contribution >= 0.6 is 24.0 Å². The monoisotopic (exact) mass is 402 g/mol. The van der Waals surface area contributed by atoms with E-state index < -0.39 is 0 Å². The summed E-state index contributed by atoms with van der Waals surface area (Å²) in [5.41, 5.74) is 6.93. The van der Waals surface area contributed by atoms with E-state index in [0.29, 0.717) is 5.96 Å². The van der Waals surface area contributed by atoms with E-state index in [4.69, 9.17) is 5.73 Å². The molecule has 21 heavy (non-hydrogen) atoms. The molecule has 0 spiro atoms. The van der Waals surface area contributed by atoms with E-state index in [2.05, 4.69) is 15.3 Å². The molecule has 0 aromatic carbocycles. The predicted molar refractivity (Wildman–Crippen MR) is 99.0 cm³/mol. The molecule has 0 atom stereocenters. The summed E-state index contributed by atoms with van der Waals surface area (Å²) in [6.45, 7) is 1.63. The van der Waals surface area contributed by atoms with Gasteiger partial charge >= 0.3 is 0 Å². The molecule has 0 aliphatic heterocycles. The van der Waals surface area contributed by atoms with Crippen LogP contribution in [0, 0.1) is 5.92 Å². The SMILES string of the molecule is I.NC(=NCCCC1CCCC1)NCCc1ccccn1. The molecule has 1 aromatic rings. The maximum absolute atomic E-state index is 5.85. The molecule has 1 aliphatic carbocycles. The number of guanidine groups is 1. The van der Waals surface area contributed by atoms with Crippen molar-refractivity contribution in [2.45, 2.75) is 44.9 Å². The van der Waals surface area contributed by atoms with Crippen molar-refractivity contribution in [1.82, 2.24) is 10.3 Å². The van der Waals surface area contributed by atoms with Gasteiger partial charge in [0.15, 0.2) is 5.96 Å². The lowest BCUT2D eigenvalue weighted by Crippen LogP contribution is -2.33. The van der Waals surface area contributed by atoms with Gasteiger partial charge in [-0.2, -0.15) is 0 Å². The van der Waals surface area contributed by atoms with Crippen LogP contribution in [0.3, 0.4) is 0 Å². The number of hydrogen-bond acceptors (Lipinski definition) is 2. The smallest absolute Gasteiger partial charge is 0.188 e. The highest BCUT2D eigenvalue weighted by molar-refractivity contribution is 14.0. The zero-order valence-corrected chi connectivity index (χ0v) is 15.0. The van der Waals surface area contributed by atoms with Crippen LogP contribution < -0.4 is 11.1 Å². The highest BCUT2D eigenvalue weighted by Gasteiger charge is 2.13. The molecule has 1 saturated carbocycles. The number of aliphatic imine (C=N–C) groups is 1. The molecular formula is C16H27IN4. The molecule has 0 unspecified atom stereocenters. The van der Waals surface area contributed by atoms with Crippen molar-refractivity contribution in [3.63, 3.8) is 0 Å². The maximum atomic E-state index is 5.85. The Morgan fingerprint density at radius 3 is 2.86 bits per heavy atom. The van der Waals surface area contributed by atoms with Gasteiger partial charge in [0.05, 0.1) is 0 Å². The lowest BCUT2D eigenvalue weighted by Gasteiger charge is -2.08. The first-order chi connectivity index (χ1) is 9.84. The van der Waals surface area contributed by atoms with E-state index in [1.807, 2.05) is 24.4 Å². The van der Waals surface area contributed by atoms with Crippen LogP contribution in [0.2, 0.25) is 0 Å². The Hall–Kier alpha value is -0.850. The second-order valence-corrected chi connectivity index (χ2v) is 5.56. The highest BCUT2D eigenvalue weighted by atomic mass is 127. The van der Waals surface area contributed by atoms with E-state index in [0.717, 1.165) is 37.5 Å². The molecule has 4 nitrogen and oxygen atoms in total. The van der Waals surface area contributed by atoms with Crippen molar-refractivity contribution < 1.29 is 0 Å². The molecule has 1 aliphatic rings. The molecule has 5 heteroatoms. The third-order valence-corrected chi connectivity index (χ3v) is 3.94. The summed E-state index contributed by atoms with van der Waals surface area (Å²) >= 11 is 0. The lowest BCUT2D eigenvalue weighted by atomic mass is 10.0. The summed E-state index contributed by atoms with van der Waals surface area (Å²) in [4.78, 5) is 8.65. The standard InChI is InChI=1S/C16H26N4.HI/c17-16(19-12-5-8-14-6-1-2-7-14)20-13-10-15-9-3-4-11-18-15;/h3-4,9,11,14H,1-2,5-8,10,12-13H2,(H3,17,19,20);1H. The molecule has 0 radical (unpaired) electrons. The van der Waals surface area contributed by atoms with Gasteiger partial charge in [-0.15, -0.1) is 24.0 Å². The van der Waals surface area contributed by atoms with Gasteiger partial charge < -0.3 is 11.1 Å². The quantitative estimate of drug-likeness (QED) is 0.319. The van der Waals surface area contributed by atoms with Crippen molar-refractivity contribution in [3.05, 3.63) is 30.1 Å². The number of aromatic nitrogens is 1. The summed E-state index contributed by atoms with van der Waals surface area (Å²) in [6, 6.07) is 5.95. The fraction of sp³-hybridized carbons (Fsp3) is 0.625. The molecule has 0 bridgehead atoms. The van der Waals surface area contributed by atoms with Crippen LogP contribution in [-0.2, 0) is 6.42 Å². The number of nitrogens with zero attached hydrogens (tertiary/aromatic N) is 2. The van der Waals surface area contributed by atoms with Crippen LogP contribution in [0.5, 0.6) is 0 Å². The molecule has 1 fully saturated rings. The van der Waals surface area contributed by atoms with E-state index in [9.17, 15) is 0 Å². The average molecular weight is 402 g/mol. The summed E-state index contributed by atoms with van der Waals surface area (Å²) in [6.07, 6.45) is 10.8. The molecule has 2 rings (SSSR count). The lowest BCUT2D eigenvalue weighted by molar-refractivity contribution is 0.488. The van der Waals surface area contributed by atoms with Crippen molar-refractivity contribution in [2.24, 2.45) is 16.6 Å². The molecular weight excluding hydrogens is 375 g/mol. The Labute approximate surface area is 145 Å². The van der Waals surface area contributed by atoms with Crippen LogP contribution in [0.4, 0.5) is 0 Å². The Kier molecular flexibility index (Phi) is 9.37. The van der Waals surface area contributed by atoms with Gasteiger partial charge in [-0.25, -0.2) is 0 Å². The van der Waals surface area contributed by atoms with Gasteiger partial charge in [-0.05, 0) is 30.9 Å². The Balaban J connectivity index is 0.00000220. The minimum Gasteiger partial charge on any atom is -0.370 e. The molecule has 1 heterocycles. The van der Waals surface area contributed by atoms with Gasteiger partial charge in [-0.3, -0.25) is 9.98 Å². The Morgan fingerprint density at radius 1 is 1.33 bits per heavy atom. The number of nitrogens with one attached hydrogen (secondary N) is 1. The minimum absolute atomic E-state index is 0.